The van der Waals surface area contributed by atoms with E-state index < -0.39 is 0 Å². The van der Waals surface area contributed by atoms with Gasteiger partial charge in [0, 0.05) is 19.2 Å². The van der Waals surface area contributed by atoms with Gasteiger partial charge in [0.25, 0.3) is 0 Å². The predicted octanol–water partition coefficient (Wildman–Crippen LogP) is 4.25. The van der Waals surface area contributed by atoms with Crippen molar-refractivity contribution >= 4 is 11.6 Å². The fourth-order valence-corrected chi connectivity index (χ4v) is 3.26. The summed E-state index contributed by atoms with van der Waals surface area (Å²) in [5, 5.41) is 0. The summed E-state index contributed by atoms with van der Waals surface area (Å²) in [6.45, 7) is 0. The number of amides is 1. The molecule has 4 heteroatoms. The van der Waals surface area contributed by atoms with Crippen LogP contribution >= 0.6 is 0 Å². The molecule has 4 nitrogen and oxygen atoms in total. The van der Waals surface area contributed by atoms with Crippen LogP contribution < -0.4 is 14.4 Å². The second-order valence-electron chi connectivity index (χ2n) is 6.55. The van der Waals surface area contributed by atoms with E-state index in [4.69, 9.17) is 9.47 Å². The lowest BCUT2D eigenvalue weighted by molar-refractivity contribution is -0.118. The Hall–Kier alpha value is -2.49. The van der Waals surface area contributed by atoms with Crippen LogP contribution in [-0.2, 0) is 4.79 Å². The minimum Gasteiger partial charge on any atom is -0.493 e. The molecule has 2 aromatic rings. The maximum atomic E-state index is 12.8. The minimum absolute atomic E-state index is 0.137. The lowest BCUT2D eigenvalue weighted by Gasteiger charge is -2.22. The van der Waals surface area contributed by atoms with Gasteiger partial charge in [0.15, 0.2) is 11.5 Å². The van der Waals surface area contributed by atoms with Crippen molar-refractivity contribution in [3.05, 3.63) is 54.1 Å². The Balaban J connectivity index is 1.79. The Morgan fingerprint density at radius 1 is 1.08 bits per heavy atom. The fraction of sp³-hybridized carbons (Fsp3) is 0.381. The van der Waals surface area contributed by atoms with E-state index in [1.54, 1.807) is 19.1 Å². The molecule has 1 fully saturated rings. The topological polar surface area (TPSA) is 38.8 Å². The van der Waals surface area contributed by atoms with Crippen LogP contribution in [0, 0.1) is 5.92 Å². The first kappa shape index (κ1) is 17.3. The van der Waals surface area contributed by atoms with E-state index in [-0.39, 0.29) is 11.8 Å². The highest BCUT2D eigenvalue weighted by molar-refractivity contribution is 5.93. The van der Waals surface area contributed by atoms with Crippen molar-refractivity contribution in [3.63, 3.8) is 0 Å². The minimum atomic E-state index is 0.137. The van der Waals surface area contributed by atoms with E-state index in [1.807, 2.05) is 49.5 Å². The zero-order chi connectivity index (χ0) is 17.8. The number of methoxy groups -OCH3 is 2. The maximum absolute atomic E-state index is 12.8. The predicted molar refractivity (Wildman–Crippen MR) is 99.5 cm³/mol. The number of hydrogen-bond acceptors (Lipinski definition) is 3. The molecule has 1 aliphatic carbocycles. The molecular formula is C21H25NO3. The van der Waals surface area contributed by atoms with Crippen molar-refractivity contribution in [2.75, 3.05) is 26.2 Å². The van der Waals surface area contributed by atoms with E-state index >= 15 is 0 Å². The Kier molecular flexibility index (Phi) is 5.27. The number of benzene rings is 2. The second kappa shape index (κ2) is 7.60. The van der Waals surface area contributed by atoms with E-state index in [2.05, 4.69) is 6.07 Å². The molecule has 1 unspecified atom stereocenters. The van der Waals surface area contributed by atoms with Gasteiger partial charge in [0.05, 0.1) is 14.2 Å². The number of ether oxygens (including phenoxy) is 2. The smallest absolute Gasteiger partial charge is 0.227 e. The largest absolute Gasteiger partial charge is 0.493 e. The van der Waals surface area contributed by atoms with Gasteiger partial charge >= 0.3 is 0 Å². The Labute approximate surface area is 149 Å². The summed E-state index contributed by atoms with van der Waals surface area (Å²) in [7, 11) is 5.12. The number of carbonyl (C=O) groups excluding carboxylic acids is 1. The summed E-state index contributed by atoms with van der Waals surface area (Å²) in [5.41, 5.74) is 2.07. The van der Waals surface area contributed by atoms with Crippen LogP contribution in [0.4, 0.5) is 5.69 Å². The van der Waals surface area contributed by atoms with Crippen LogP contribution in [-0.4, -0.2) is 27.2 Å². The quantitative estimate of drug-likeness (QED) is 0.757. The Morgan fingerprint density at radius 2 is 1.76 bits per heavy atom. The van der Waals surface area contributed by atoms with Crippen molar-refractivity contribution < 1.29 is 14.3 Å². The first-order chi connectivity index (χ1) is 12.1. The molecule has 0 spiro atoms. The lowest BCUT2D eigenvalue weighted by atomic mass is 9.90. The van der Waals surface area contributed by atoms with Gasteiger partial charge in [-0.05, 0) is 54.5 Å². The Bertz CT molecular complexity index is 725. The highest BCUT2D eigenvalue weighted by Gasteiger charge is 2.34. The molecule has 0 N–H and O–H groups in total. The SMILES string of the molecule is COc1ccc(C(CC(=O)N(C)c2ccccc2)C2CC2)cc1OC. The Morgan fingerprint density at radius 3 is 2.36 bits per heavy atom. The van der Waals surface area contributed by atoms with E-state index in [9.17, 15) is 4.79 Å². The van der Waals surface area contributed by atoms with E-state index in [0.717, 1.165) is 17.0 Å². The summed E-state index contributed by atoms with van der Waals surface area (Å²) in [4.78, 5) is 14.6. The second-order valence-corrected chi connectivity index (χ2v) is 6.55. The van der Waals surface area contributed by atoms with Crippen LogP contribution in [0.2, 0.25) is 0 Å². The number of para-hydroxylation sites is 1. The zero-order valence-corrected chi connectivity index (χ0v) is 15.1. The van der Waals surface area contributed by atoms with Gasteiger partial charge in [-0.3, -0.25) is 4.79 Å². The summed E-state index contributed by atoms with van der Waals surface area (Å²) >= 11 is 0. The van der Waals surface area contributed by atoms with Crippen molar-refractivity contribution in [3.8, 4) is 11.5 Å². The first-order valence-corrected chi connectivity index (χ1v) is 8.67. The maximum Gasteiger partial charge on any atom is 0.227 e. The number of anilines is 1. The summed E-state index contributed by atoms with van der Waals surface area (Å²) in [5.74, 6) is 2.37. The highest BCUT2D eigenvalue weighted by Crippen LogP contribution is 2.46. The highest BCUT2D eigenvalue weighted by atomic mass is 16.5. The van der Waals surface area contributed by atoms with Gasteiger partial charge in [-0.1, -0.05) is 24.3 Å². The standard InChI is InChI=1S/C21H25NO3/c1-22(17-7-5-4-6-8-17)21(23)14-18(15-9-10-15)16-11-12-19(24-2)20(13-16)25-3/h4-8,11-13,15,18H,9-10,14H2,1-3H3. The first-order valence-electron chi connectivity index (χ1n) is 8.67. The molecule has 0 saturated heterocycles. The normalized spacial score (nSPS) is 14.7. The molecule has 1 atom stereocenters. The molecule has 0 radical (unpaired) electrons. The van der Waals surface area contributed by atoms with Gasteiger partial charge in [0.1, 0.15) is 0 Å². The van der Waals surface area contributed by atoms with Gasteiger partial charge in [-0.2, -0.15) is 0 Å². The average molecular weight is 339 g/mol. The molecule has 3 rings (SSSR count). The summed E-state index contributed by atoms with van der Waals surface area (Å²) in [6.07, 6.45) is 2.87. The van der Waals surface area contributed by atoms with Gasteiger partial charge in [-0.15, -0.1) is 0 Å². The monoisotopic (exact) mass is 339 g/mol. The van der Waals surface area contributed by atoms with Gasteiger partial charge < -0.3 is 14.4 Å². The van der Waals surface area contributed by atoms with Crippen molar-refractivity contribution in [1.82, 2.24) is 0 Å². The third kappa shape index (κ3) is 3.95. The molecule has 0 aromatic heterocycles. The van der Waals surface area contributed by atoms with E-state index in [1.165, 1.54) is 12.8 Å². The van der Waals surface area contributed by atoms with E-state index in [0.29, 0.717) is 18.1 Å². The van der Waals surface area contributed by atoms with Crippen molar-refractivity contribution in [2.24, 2.45) is 5.92 Å². The van der Waals surface area contributed by atoms with Crippen LogP contribution in [0.5, 0.6) is 11.5 Å². The van der Waals surface area contributed by atoms with Gasteiger partial charge in [0.2, 0.25) is 5.91 Å². The third-order valence-electron chi connectivity index (χ3n) is 4.94. The van der Waals surface area contributed by atoms with Crippen molar-refractivity contribution in [1.29, 1.82) is 0 Å². The number of carbonyl (C=O) groups is 1. The lowest BCUT2D eigenvalue weighted by Crippen LogP contribution is -2.28. The molecule has 25 heavy (non-hydrogen) atoms. The molecule has 0 bridgehead atoms. The molecule has 0 heterocycles. The molecule has 2 aromatic carbocycles. The molecule has 0 aliphatic heterocycles. The molecule has 1 amide bonds. The van der Waals surface area contributed by atoms with Crippen LogP contribution in [0.3, 0.4) is 0 Å². The van der Waals surface area contributed by atoms with Crippen molar-refractivity contribution in [2.45, 2.75) is 25.2 Å². The summed E-state index contributed by atoms with van der Waals surface area (Å²) < 4.78 is 10.8. The zero-order valence-electron chi connectivity index (χ0n) is 15.1. The molecule has 1 saturated carbocycles. The summed E-state index contributed by atoms with van der Waals surface area (Å²) in [6, 6.07) is 15.8. The molecule has 1 aliphatic rings. The fourth-order valence-electron chi connectivity index (χ4n) is 3.26. The van der Waals surface area contributed by atoms with Gasteiger partial charge in [-0.25, -0.2) is 0 Å². The molecule has 132 valence electrons. The third-order valence-corrected chi connectivity index (χ3v) is 4.94. The average Bonchev–Trinajstić information content (AvgIpc) is 3.50. The molecular weight excluding hydrogens is 314 g/mol. The van der Waals surface area contributed by atoms with Crippen LogP contribution in [0.15, 0.2) is 48.5 Å². The number of hydrogen-bond donors (Lipinski definition) is 0. The van der Waals surface area contributed by atoms with Crippen LogP contribution in [0.1, 0.15) is 30.7 Å². The van der Waals surface area contributed by atoms with Crippen LogP contribution in [0.25, 0.3) is 0 Å². The number of nitrogens with zero attached hydrogens (tertiary/aromatic N) is 1. The number of rotatable bonds is 7.